The standard InChI is InChI=1S/C20H17BrCl2N6O3/c1-10(2)25-18(30)12-8-11(22)5-6-14(12)26-20(32)27-19(31)15-9-16(21)28-29(15)17-13(23)4-3-7-24-17/h3-10H,1-2H3,(H,25,30)(H2,26,27,31,32). The number of amides is 4. The topological polar surface area (TPSA) is 118 Å². The first-order valence-corrected chi connectivity index (χ1v) is 10.8. The van der Waals surface area contributed by atoms with Gasteiger partial charge in [0.15, 0.2) is 5.82 Å². The Morgan fingerprint density at radius 1 is 1.09 bits per heavy atom. The Labute approximate surface area is 201 Å². The van der Waals surface area contributed by atoms with Crippen LogP contribution in [-0.2, 0) is 0 Å². The Kier molecular flexibility index (Phi) is 7.49. The van der Waals surface area contributed by atoms with Crippen LogP contribution in [0.25, 0.3) is 5.82 Å². The van der Waals surface area contributed by atoms with Gasteiger partial charge in [-0.05, 0) is 60.1 Å². The van der Waals surface area contributed by atoms with E-state index < -0.39 is 17.8 Å². The zero-order valence-corrected chi connectivity index (χ0v) is 19.9. The van der Waals surface area contributed by atoms with Crippen molar-refractivity contribution in [2.75, 3.05) is 5.32 Å². The quantitative estimate of drug-likeness (QED) is 0.443. The molecule has 9 nitrogen and oxygen atoms in total. The monoisotopic (exact) mass is 538 g/mol. The molecule has 2 aromatic heterocycles. The minimum absolute atomic E-state index is 0.0153. The van der Waals surface area contributed by atoms with Crippen molar-refractivity contribution in [1.82, 2.24) is 25.4 Å². The number of imide groups is 1. The molecule has 32 heavy (non-hydrogen) atoms. The number of anilines is 1. The lowest BCUT2D eigenvalue weighted by Crippen LogP contribution is -2.36. The summed E-state index contributed by atoms with van der Waals surface area (Å²) >= 11 is 15.4. The van der Waals surface area contributed by atoms with Gasteiger partial charge in [0.1, 0.15) is 10.3 Å². The van der Waals surface area contributed by atoms with Crippen LogP contribution in [0.2, 0.25) is 10.0 Å². The van der Waals surface area contributed by atoms with E-state index in [9.17, 15) is 14.4 Å². The summed E-state index contributed by atoms with van der Waals surface area (Å²) in [6.45, 7) is 3.60. The van der Waals surface area contributed by atoms with E-state index in [0.29, 0.717) is 9.63 Å². The summed E-state index contributed by atoms with van der Waals surface area (Å²) in [7, 11) is 0. The summed E-state index contributed by atoms with van der Waals surface area (Å²) in [6.07, 6.45) is 1.50. The number of pyridine rings is 1. The number of nitrogens with one attached hydrogen (secondary N) is 3. The van der Waals surface area contributed by atoms with Gasteiger partial charge < -0.3 is 10.6 Å². The van der Waals surface area contributed by atoms with Crippen molar-refractivity contribution in [3.63, 3.8) is 0 Å². The van der Waals surface area contributed by atoms with Gasteiger partial charge in [0.05, 0.1) is 16.3 Å². The largest absolute Gasteiger partial charge is 0.350 e. The molecule has 0 radical (unpaired) electrons. The Hall–Kier alpha value is -2.95. The predicted molar refractivity (Wildman–Crippen MR) is 125 cm³/mol. The van der Waals surface area contributed by atoms with E-state index in [4.69, 9.17) is 23.2 Å². The number of nitrogens with zero attached hydrogens (tertiary/aromatic N) is 3. The lowest BCUT2D eigenvalue weighted by Gasteiger charge is -2.14. The van der Waals surface area contributed by atoms with Crippen LogP contribution in [-0.4, -0.2) is 38.7 Å². The molecule has 3 N–H and O–H groups in total. The highest BCUT2D eigenvalue weighted by Crippen LogP contribution is 2.22. The van der Waals surface area contributed by atoms with Crippen LogP contribution in [0.3, 0.4) is 0 Å². The predicted octanol–water partition coefficient (Wildman–Crippen LogP) is 4.44. The van der Waals surface area contributed by atoms with Gasteiger partial charge in [-0.15, -0.1) is 0 Å². The first-order chi connectivity index (χ1) is 15.2. The molecule has 4 amide bonds. The summed E-state index contributed by atoms with van der Waals surface area (Å²) in [5.41, 5.74) is 0.351. The molecule has 3 aromatic rings. The van der Waals surface area contributed by atoms with E-state index >= 15 is 0 Å². The normalized spacial score (nSPS) is 10.7. The third-order valence-corrected chi connectivity index (χ3v) is 4.89. The Morgan fingerprint density at radius 2 is 1.84 bits per heavy atom. The molecule has 0 saturated heterocycles. The average Bonchev–Trinajstić information content (AvgIpc) is 3.10. The molecular weight excluding hydrogens is 523 g/mol. The van der Waals surface area contributed by atoms with Gasteiger partial charge in [-0.1, -0.05) is 23.2 Å². The zero-order valence-electron chi connectivity index (χ0n) is 16.8. The lowest BCUT2D eigenvalue weighted by atomic mass is 10.1. The van der Waals surface area contributed by atoms with Crippen LogP contribution in [0.5, 0.6) is 0 Å². The number of benzene rings is 1. The molecule has 0 saturated carbocycles. The molecule has 2 heterocycles. The van der Waals surface area contributed by atoms with Crippen LogP contribution in [0.15, 0.2) is 47.2 Å². The average molecular weight is 540 g/mol. The third-order valence-electron chi connectivity index (χ3n) is 3.97. The summed E-state index contributed by atoms with van der Waals surface area (Å²) in [5, 5.41) is 12.2. The highest BCUT2D eigenvalue weighted by molar-refractivity contribution is 9.10. The molecule has 0 atom stereocenters. The molecule has 0 unspecified atom stereocenters. The van der Waals surface area contributed by atoms with E-state index in [1.54, 1.807) is 26.0 Å². The van der Waals surface area contributed by atoms with Crippen LogP contribution < -0.4 is 16.0 Å². The lowest BCUT2D eigenvalue weighted by molar-refractivity contribution is 0.0941. The van der Waals surface area contributed by atoms with Crippen LogP contribution in [0.4, 0.5) is 10.5 Å². The number of halogens is 3. The summed E-state index contributed by atoms with van der Waals surface area (Å²) in [4.78, 5) is 41.8. The molecular formula is C20H17BrCl2N6O3. The molecule has 0 bridgehead atoms. The highest BCUT2D eigenvalue weighted by atomic mass is 79.9. The van der Waals surface area contributed by atoms with E-state index in [2.05, 4.69) is 42.0 Å². The second kappa shape index (κ2) is 10.1. The van der Waals surface area contributed by atoms with Crippen LogP contribution in [0.1, 0.15) is 34.7 Å². The second-order valence-electron chi connectivity index (χ2n) is 6.80. The van der Waals surface area contributed by atoms with Crippen molar-refractivity contribution in [1.29, 1.82) is 0 Å². The SMILES string of the molecule is CC(C)NC(=O)c1cc(Cl)ccc1NC(=O)NC(=O)c1cc(Br)nn1-c1ncccc1Cl. The van der Waals surface area contributed by atoms with E-state index in [0.717, 1.165) is 0 Å². The summed E-state index contributed by atoms with van der Waals surface area (Å²) in [6, 6.07) is 8.07. The van der Waals surface area contributed by atoms with Crippen molar-refractivity contribution in [3.05, 3.63) is 68.5 Å². The maximum atomic E-state index is 12.8. The summed E-state index contributed by atoms with van der Waals surface area (Å²) in [5.74, 6) is -0.962. The van der Waals surface area contributed by atoms with Crippen molar-refractivity contribution >= 4 is 62.7 Å². The van der Waals surface area contributed by atoms with Gasteiger partial charge in [0.2, 0.25) is 0 Å². The molecule has 3 rings (SSSR count). The van der Waals surface area contributed by atoms with E-state index in [-0.39, 0.29) is 33.8 Å². The minimum Gasteiger partial charge on any atom is -0.350 e. The van der Waals surface area contributed by atoms with Gasteiger partial charge in [0, 0.05) is 23.3 Å². The Bertz CT molecular complexity index is 1200. The second-order valence-corrected chi connectivity index (χ2v) is 8.46. The van der Waals surface area contributed by atoms with Crippen molar-refractivity contribution < 1.29 is 14.4 Å². The fraction of sp³-hybridized carbons (Fsp3) is 0.150. The van der Waals surface area contributed by atoms with Crippen LogP contribution in [0, 0.1) is 0 Å². The maximum Gasteiger partial charge on any atom is 0.326 e. The number of urea groups is 1. The van der Waals surface area contributed by atoms with Crippen LogP contribution >= 0.6 is 39.1 Å². The molecule has 0 spiro atoms. The molecule has 0 aliphatic rings. The smallest absolute Gasteiger partial charge is 0.326 e. The van der Waals surface area contributed by atoms with Gasteiger partial charge in [0.25, 0.3) is 11.8 Å². The first kappa shape index (κ1) is 23.7. The van der Waals surface area contributed by atoms with Gasteiger partial charge in [-0.2, -0.15) is 5.10 Å². The zero-order chi connectivity index (χ0) is 23.4. The van der Waals surface area contributed by atoms with Crippen molar-refractivity contribution in [2.24, 2.45) is 0 Å². The van der Waals surface area contributed by atoms with E-state index in [1.807, 2.05) is 0 Å². The van der Waals surface area contributed by atoms with Gasteiger partial charge >= 0.3 is 6.03 Å². The Morgan fingerprint density at radius 3 is 2.53 bits per heavy atom. The number of hydrogen-bond donors (Lipinski definition) is 3. The minimum atomic E-state index is -0.855. The summed E-state index contributed by atoms with van der Waals surface area (Å²) < 4.78 is 1.55. The van der Waals surface area contributed by atoms with Crippen molar-refractivity contribution in [3.8, 4) is 5.82 Å². The number of hydrogen-bond acceptors (Lipinski definition) is 5. The molecule has 166 valence electrons. The molecule has 0 aliphatic heterocycles. The first-order valence-electron chi connectivity index (χ1n) is 9.25. The number of carbonyl (C=O) groups excluding carboxylic acids is 3. The highest BCUT2D eigenvalue weighted by Gasteiger charge is 2.21. The Balaban J connectivity index is 1.81. The van der Waals surface area contributed by atoms with E-state index in [1.165, 1.54) is 35.1 Å². The number of aromatic nitrogens is 3. The third kappa shape index (κ3) is 5.64. The van der Waals surface area contributed by atoms with Crippen molar-refractivity contribution in [2.45, 2.75) is 19.9 Å². The molecule has 0 fully saturated rings. The fourth-order valence-electron chi connectivity index (χ4n) is 2.68. The van der Waals surface area contributed by atoms with Gasteiger partial charge in [-0.3, -0.25) is 14.9 Å². The number of carbonyl (C=O) groups is 3. The fourth-order valence-corrected chi connectivity index (χ4v) is 3.43. The van der Waals surface area contributed by atoms with Gasteiger partial charge in [-0.25, -0.2) is 14.5 Å². The molecule has 12 heteroatoms. The maximum absolute atomic E-state index is 12.8. The number of rotatable bonds is 5. The molecule has 1 aromatic carbocycles. The molecule has 0 aliphatic carbocycles.